The molecule has 4 heteroatoms. The SMILES string of the molecule is CCC(=O)n1c(C)c(O)c2cc(F)ccc21. The van der Waals surface area contributed by atoms with Crippen LogP contribution in [0.4, 0.5) is 4.39 Å². The van der Waals surface area contributed by atoms with Crippen LogP contribution in [-0.2, 0) is 0 Å². The topological polar surface area (TPSA) is 42.2 Å². The lowest BCUT2D eigenvalue weighted by atomic mass is 10.2. The average molecular weight is 221 g/mol. The molecule has 0 atom stereocenters. The molecule has 0 radical (unpaired) electrons. The van der Waals surface area contributed by atoms with Crippen molar-refractivity contribution < 1.29 is 14.3 Å². The maximum atomic E-state index is 13.0. The molecule has 1 aromatic carbocycles. The predicted molar refractivity (Wildman–Crippen MR) is 59.2 cm³/mol. The van der Waals surface area contributed by atoms with Crippen LogP contribution in [0, 0.1) is 12.7 Å². The fraction of sp³-hybridized carbons (Fsp3) is 0.250. The zero-order valence-corrected chi connectivity index (χ0v) is 9.12. The molecule has 2 aromatic rings. The summed E-state index contributed by atoms with van der Waals surface area (Å²) in [6.07, 6.45) is 0.335. The summed E-state index contributed by atoms with van der Waals surface area (Å²) in [4.78, 5) is 11.7. The van der Waals surface area contributed by atoms with E-state index in [0.29, 0.717) is 23.0 Å². The van der Waals surface area contributed by atoms with E-state index in [1.165, 1.54) is 22.8 Å². The van der Waals surface area contributed by atoms with Crippen molar-refractivity contribution in [1.82, 2.24) is 4.57 Å². The van der Waals surface area contributed by atoms with E-state index in [0.717, 1.165) is 0 Å². The Balaban J connectivity index is 2.84. The minimum absolute atomic E-state index is 0.0312. The van der Waals surface area contributed by atoms with Gasteiger partial charge in [-0.2, -0.15) is 0 Å². The fourth-order valence-electron chi connectivity index (χ4n) is 1.85. The first kappa shape index (κ1) is 10.7. The molecule has 1 N–H and O–H groups in total. The van der Waals surface area contributed by atoms with Crippen LogP contribution < -0.4 is 0 Å². The molecule has 84 valence electrons. The van der Waals surface area contributed by atoms with Crippen molar-refractivity contribution in [2.45, 2.75) is 20.3 Å². The Kier molecular flexibility index (Phi) is 2.42. The van der Waals surface area contributed by atoms with Gasteiger partial charge in [-0.1, -0.05) is 6.92 Å². The van der Waals surface area contributed by atoms with Crippen molar-refractivity contribution >= 4 is 16.8 Å². The van der Waals surface area contributed by atoms with Crippen LogP contribution in [0.15, 0.2) is 18.2 Å². The van der Waals surface area contributed by atoms with Gasteiger partial charge in [0.25, 0.3) is 0 Å². The Labute approximate surface area is 92.1 Å². The number of carbonyl (C=O) groups is 1. The van der Waals surface area contributed by atoms with Gasteiger partial charge in [0.1, 0.15) is 11.6 Å². The van der Waals surface area contributed by atoms with Gasteiger partial charge >= 0.3 is 0 Å². The van der Waals surface area contributed by atoms with Crippen LogP contribution in [0.3, 0.4) is 0 Å². The van der Waals surface area contributed by atoms with E-state index < -0.39 is 5.82 Å². The van der Waals surface area contributed by atoms with Crippen LogP contribution >= 0.6 is 0 Å². The molecule has 1 heterocycles. The Morgan fingerprint density at radius 1 is 1.50 bits per heavy atom. The molecule has 2 rings (SSSR count). The minimum Gasteiger partial charge on any atom is -0.505 e. The van der Waals surface area contributed by atoms with E-state index in [1.54, 1.807) is 13.8 Å². The maximum absolute atomic E-state index is 13.0. The van der Waals surface area contributed by atoms with Gasteiger partial charge in [-0.3, -0.25) is 9.36 Å². The number of hydrogen-bond donors (Lipinski definition) is 1. The Bertz CT molecular complexity index is 572. The summed E-state index contributed by atoms with van der Waals surface area (Å²) >= 11 is 0. The van der Waals surface area contributed by atoms with Gasteiger partial charge < -0.3 is 5.11 Å². The van der Waals surface area contributed by atoms with Crippen molar-refractivity contribution in [3.8, 4) is 5.75 Å². The highest BCUT2D eigenvalue weighted by Gasteiger charge is 2.17. The van der Waals surface area contributed by atoms with Crippen molar-refractivity contribution in [1.29, 1.82) is 0 Å². The quantitative estimate of drug-likeness (QED) is 0.804. The summed E-state index contributed by atoms with van der Waals surface area (Å²) in [6, 6.07) is 4.02. The van der Waals surface area contributed by atoms with Crippen molar-refractivity contribution in [3.05, 3.63) is 29.7 Å². The number of nitrogens with zero attached hydrogens (tertiary/aromatic N) is 1. The summed E-state index contributed by atoms with van der Waals surface area (Å²) in [6.45, 7) is 3.38. The summed E-state index contributed by atoms with van der Waals surface area (Å²) < 4.78 is 14.5. The van der Waals surface area contributed by atoms with Gasteiger partial charge in [0, 0.05) is 11.8 Å². The van der Waals surface area contributed by atoms with Crippen LogP contribution in [0.1, 0.15) is 23.8 Å². The van der Waals surface area contributed by atoms with Crippen LogP contribution in [-0.4, -0.2) is 15.6 Å². The molecule has 0 bridgehead atoms. The van der Waals surface area contributed by atoms with Crippen LogP contribution in [0.5, 0.6) is 5.75 Å². The Hall–Kier alpha value is -1.84. The number of aromatic nitrogens is 1. The van der Waals surface area contributed by atoms with Gasteiger partial charge in [-0.25, -0.2) is 4.39 Å². The standard InChI is InChI=1S/C12H12FNO2/c1-3-11(15)14-7(2)12(16)9-6-8(13)4-5-10(9)14/h4-6,16H,3H2,1-2H3. The highest BCUT2D eigenvalue weighted by atomic mass is 19.1. The molecule has 1 aromatic heterocycles. The molecule has 0 aliphatic heterocycles. The first-order valence-corrected chi connectivity index (χ1v) is 5.09. The number of carbonyl (C=O) groups excluding carboxylic acids is 1. The molecule has 0 unspecified atom stereocenters. The number of hydrogen-bond acceptors (Lipinski definition) is 2. The largest absolute Gasteiger partial charge is 0.505 e. The Morgan fingerprint density at radius 3 is 2.81 bits per heavy atom. The van der Waals surface area contributed by atoms with Gasteiger partial charge in [0.2, 0.25) is 5.91 Å². The van der Waals surface area contributed by atoms with Gasteiger partial charge in [-0.05, 0) is 25.1 Å². The zero-order valence-electron chi connectivity index (χ0n) is 9.12. The summed E-state index contributed by atoms with van der Waals surface area (Å²) in [5, 5.41) is 10.2. The molecule has 16 heavy (non-hydrogen) atoms. The van der Waals surface area contributed by atoms with Crippen molar-refractivity contribution in [3.63, 3.8) is 0 Å². The molecule has 0 fully saturated rings. The van der Waals surface area contributed by atoms with Crippen molar-refractivity contribution in [2.75, 3.05) is 0 Å². The van der Waals surface area contributed by atoms with Crippen LogP contribution in [0.25, 0.3) is 10.9 Å². The molecule has 0 saturated heterocycles. The number of rotatable bonds is 1. The van der Waals surface area contributed by atoms with Gasteiger partial charge in [0.15, 0.2) is 0 Å². The summed E-state index contributed by atoms with van der Waals surface area (Å²) in [5.74, 6) is -0.574. The third-order valence-corrected chi connectivity index (χ3v) is 2.68. The van der Waals surface area contributed by atoms with E-state index in [2.05, 4.69) is 0 Å². The second-order valence-electron chi connectivity index (χ2n) is 3.68. The molecule has 0 saturated carbocycles. The van der Waals surface area contributed by atoms with Gasteiger partial charge in [0.05, 0.1) is 11.2 Å². The predicted octanol–water partition coefficient (Wildman–Crippen LogP) is 2.84. The van der Waals surface area contributed by atoms with E-state index in [4.69, 9.17) is 0 Å². The normalized spacial score (nSPS) is 10.9. The van der Waals surface area contributed by atoms with E-state index in [1.807, 2.05) is 0 Å². The number of fused-ring (bicyclic) bond motifs is 1. The average Bonchev–Trinajstić information content (AvgIpc) is 2.52. The lowest BCUT2D eigenvalue weighted by Crippen LogP contribution is -2.10. The molecular weight excluding hydrogens is 209 g/mol. The lowest BCUT2D eigenvalue weighted by molar-refractivity contribution is 0.0911. The van der Waals surface area contributed by atoms with E-state index >= 15 is 0 Å². The molecule has 0 amide bonds. The monoisotopic (exact) mass is 221 g/mol. The first-order chi connectivity index (χ1) is 7.56. The highest BCUT2D eigenvalue weighted by Crippen LogP contribution is 2.32. The zero-order chi connectivity index (χ0) is 11.9. The smallest absolute Gasteiger partial charge is 0.231 e. The third kappa shape index (κ3) is 1.38. The van der Waals surface area contributed by atoms with E-state index in [9.17, 15) is 14.3 Å². The van der Waals surface area contributed by atoms with Crippen LogP contribution in [0.2, 0.25) is 0 Å². The molecule has 0 spiro atoms. The summed E-state index contributed by atoms with van der Waals surface area (Å²) in [5.41, 5.74) is 0.996. The van der Waals surface area contributed by atoms with Crippen molar-refractivity contribution in [2.24, 2.45) is 0 Å². The van der Waals surface area contributed by atoms with E-state index in [-0.39, 0.29) is 11.7 Å². The second kappa shape index (κ2) is 3.63. The maximum Gasteiger partial charge on any atom is 0.231 e. The second-order valence-corrected chi connectivity index (χ2v) is 3.68. The molecule has 0 aliphatic carbocycles. The minimum atomic E-state index is -0.427. The fourth-order valence-corrected chi connectivity index (χ4v) is 1.85. The molecule has 0 aliphatic rings. The van der Waals surface area contributed by atoms with Gasteiger partial charge in [-0.15, -0.1) is 0 Å². The third-order valence-electron chi connectivity index (χ3n) is 2.68. The number of benzene rings is 1. The first-order valence-electron chi connectivity index (χ1n) is 5.09. The molecule has 3 nitrogen and oxygen atoms in total. The number of halogens is 1. The molecular formula is C12H12FNO2. The summed E-state index contributed by atoms with van der Waals surface area (Å²) in [7, 11) is 0. The lowest BCUT2D eigenvalue weighted by Gasteiger charge is -2.03. The Morgan fingerprint density at radius 2 is 2.19 bits per heavy atom. The highest BCUT2D eigenvalue weighted by molar-refractivity contribution is 5.97. The number of aromatic hydroxyl groups is 1.